The summed E-state index contributed by atoms with van der Waals surface area (Å²) in [6, 6.07) is 11.6. The van der Waals surface area contributed by atoms with Gasteiger partial charge < -0.3 is 9.22 Å². The van der Waals surface area contributed by atoms with Gasteiger partial charge in [0.05, 0.1) is 6.10 Å². The zero-order chi connectivity index (χ0) is 15.2. The average molecular weight is 292 g/mol. The minimum absolute atomic E-state index is 0.0970. The van der Waals surface area contributed by atoms with Crippen molar-refractivity contribution < 1.29 is 9.22 Å². The number of hydrogen-bond donors (Lipinski definition) is 0. The first-order valence-corrected chi connectivity index (χ1v) is 10.2. The number of benzene rings is 1. The van der Waals surface area contributed by atoms with Crippen molar-refractivity contribution in [3.05, 3.63) is 35.4 Å². The van der Waals surface area contributed by atoms with Gasteiger partial charge in [0.1, 0.15) is 6.29 Å². The highest BCUT2D eigenvalue weighted by molar-refractivity contribution is 6.73. The van der Waals surface area contributed by atoms with E-state index in [1.165, 1.54) is 11.1 Å². The second kappa shape index (κ2) is 7.74. The van der Waals surface area contributed by atoms with Crippen LogP contribution in [0.2, 0.25) is 18.1 Å². The average Bonchev–Trinajstić information content (AvgIpc) is 2.50. The van der Waals surface area contributed by atoms with E-state index in [9.17, 15) is 4.79 Å². The molecule has 20 heavy (non-hydrogen) atoms. The first kappa shape index (κ1) is 17.1. The van der Waals surface area contributed by atoms with Crippen LogP contribution in [0.15, 0.2) is 24.3 Å². The topological polar surface area (TPSA) is 26.3 Å². The molecule has 2 atom stereocenters. The van der Waals surface area contributed by atoms with Gasteiger partial charge in [-0.1, -0.05) is 52.0 Å². The van der Waals surface area contributed by atoms with Gasteiger partial charge in [-0.2, -0.15) is 0 Å². The summed E-state index contributed by atoms with van der Waals surface area (Å²) in [4.78, 5) is 11.3. The molecule has 3 heteroatoms. The Morgan fingerprint density at radius 1 is 1.15 bits per heavy atom. The minimum Gasteiger partial charge on any atom is -0.409 e. The summed E-state index contributed by atoms with van der Waals surface area (Å²) in [5.41, 5.74) is 2.37. The van der Waals surface area contributed by atoms with Gasteiger partial charge in [-0.25, -0.2) is 0 Å². The molecule has 0 heterocycles. The lowest BCUT2D eigenvalue weighted by molar-refractivity contribution is -0.113. The molecule has 1 aromatic rings. The molecule has 0 aromatic heterocycles. The molecule has 1 aromatic carbocycles. The molecule has 0 N–H and O–H groups in total. The third kappa shape index (κ3) is 3.80. The molecule has 112 valence electrons. The molecule has 0 radical (unpaired) electrons. The molecule has 0 aliphatic carbocycles. The van der Waals surface area contributed by atoms with Crippen molar-refractivity contribution in [1.82, 2.24) is 0 Å². The summed E-state index contributed by atoms with van der Waals surface area (Å²) >= 11 is 0. The molecule has 0 unspecified atom stereocenters. The molecule has 0 aliphatic rings. The smallest absolute Gasteiger partial charge is 0.192 e. The van der Waals surface area contributed by atoms with E-state index < -0.39 is 8.32 Å². The largest absolute Gasteiger partial charge is 0.409 e. The van der Waals surface area contributed by atoms with Crippen LogP contribution in [0.25, 0.3) is 0 Å². The van der Waals surface area contributed by atoms with Crippen molar-refractivity contribution in [1.29, 1.82) is 0 Å². The Labute approximate surface area is 124 Å². The summed E-state index contributed by atoms with van der Waals surface area (Å²) in [6.45, 7) is 10.7. The maximum absolute atomic E-state index is 11.3. The Kier molecular flexibility index (Phi) is 6.63. The Hall–Kier alpha value is -0.933. The van der Waals surface area contributed by atoms with Crippen LogP contribution in [0.4, 0.5) is 0 Å². The summed E-state index contributed by atoms with van der Waals surface area (Å²) in [7, 11) is -1.72. The molecule has 0 bridgehead atoms. The maximum Gasteiger partial charge on any atom is 0.192 e. The molecule has 0 aliphatic heterocycles. The number of carbonyl (C=O) groups is 1. The molecule has 1 rings (SSSR count). The van der Waals surface area contributed by atoms with Crippen LogP contribution in [0.1, 0.15) is 44.9 Å². The number of aldehydes is 1. The van der Waals surface area contributed by atoms with Crippen molar-refractivity contribution >= 4 is 14.6 Å². The monoisotopic (exact) mass is 292 g/mol. The highest BCUT2D eigenvalue weighted by Gasteiger charge is 2.34. The zero-order valence-corrected chi connectivity index (χ0v) is 14.5. The van der Waals surface area contributed by atoms with E-state index in [1.807, 2.05) is 19.1 Å². The van der Waals surface area contributed by atoms with Crippen molar-refractivity contribution in [2.45, 2.75) is 58.9 Å². The summed E-state index contributed by atoms with van der Waals surface area (Å²) in [5.74, 6) is -0.104. The molecule has 0 spiro atoms. The van der Waals surface area contributed by atoms with E-state index >= 15 is 0 Å². The second-order valence-corrected chi connectivity index (χ2v) is 10.4. The van der Waals surface area contributed by atoms with Crippen molar-refractivity contribution in [3.63, 3.8) is 0 Å². The Morgan fingerprint density at radius 3 is 2.15 bits per heavy atom. The van der Waals surface area contributed by atoms with Crippen LogP contribution < -0.4 is 0 Å². The first-order chi connectivity index (χ1) is 9.53. The predicted octanol–water partition coefficient (Wildman–Crippen LogP) is 4.89. The third-order valence-electron chi connectivity index (χ3n) is 4.50. The molecule has 0 amide bonds. The highest BCUT2D eigenvalue weighted by atomic mass is 28.4. The van der Waals surface area contributed by atoms with Gasteiger partial charge in [0.2, 0.25) is 0 Å². The van der Waals surface area contributed by atoms with Gasteiger partial charge in [-0.3, -0.25) is 0 Å². The van der Waals surface area contributed by atoms with E-state index in [4.69, 9.17) is 4.43 Å². The molecule has 0 fully saturated rings. The van der Waals surface area contributed by atoms with E-state index in [1.54, 1.807) is 0 Å². The SMILES string of the molecule is CC[Si](CC)(CC)O[C@@H](c1ccccc1C)[C@@H](C)C=O. The molecule has 2 nitrogen and oxygen atoms in total. The number of rotatable bonds is 8. The van der Waals surface area contributed by atoms with Crippen LogP contribution in [0.5, 0.6) is 0 Å². The number of hydrogen-bond acceptors (Lipinski definition) is 2. The fraction of sp³-hybridized carbons (Fsp3) is 0.588. The lowest BCUT2D eigenvalue weighted by atomic mass is 9.95. The number of carbonyl (C=O) groups excluding carboxylic acids is 1. The zero-order valence-electron chi connectivity index (χ0n) is 13.5. The van der Waals surface area contributed by atoms with Gasteiger partial charge in [0.25, 0.3) is 0 Å². The summed E-state index contributed by atoms with van der Waals surface area (Å²) in [5, 5.41) is 0. The molecular formula is C17H28O2Si. The number of aryl methyl sites for hydroxylation is 1. The fourth-order valence-electron chi connectivity index (χ4n) is 2.70. The van der Waals surface area contributed by atoms with Gasteiger partial charge in [-0.05, 0) is 36.2 Å². The molecule has 0 saturated heterocycles. The fourth-order valence-corrected chi connectivity index (χ4v) is 5.58. The third-order valence-corrected chi connectivity index (χ3v) is 9.12. The normalized spacial score (nSPS) is 14.8. The Balaban J connectivity index is 3.14. The van der Waals surface area contributed by atoms with Crippen LogP contribution in [-0.2, 0) is 9.22 Å². The summed E-state index contributed by atoms with van der Waals surface area (Å²) < 4.78 is 6.61. The maximum atomic E-state index is 11.3. The Bertz CT molecular complexity index is 418. The molecular weight excluding hydrogens is 264 g/mol. The van der Waals surface area contributed by atoms with E-state index in [0.29, 0.717) is 0 Å². The Morgan fingerprint density at radius 2 is 1.70 bits per heavy atom. The lowest BCUT2D eigenvalue weighted by Crippen LogP contribution is -2.39. The van der Waals surface area contributed by atoms with E-state index in [2.05, 4.69) is 39.8 Å². The molecule has 0 saturated carbocycles. The highest BCUT2D eigenvalue weighted by Crippen LogP contribution is 2.34. The van der Waals surface area contributed by atoms with Crippen molar-refractivity contribution in [3.8, 4) is 0 Å². The van der Waals surface area contributed by atoms with Gasteiger partial charge in [0.15, 0.2) is 8.32 Å². The standard InChI is InChI=1S/C17H28O2Si/c1-6-20(7-2,8-3)19-17(15(5)13-18)16-12-10-9-11-14(16)4/h9-13,15,17H,6-8H2,1-5H3/t15-,17+/m0/s1. The van der Waals surface area contributed by atoms with Gasteiger partial charge >= 0.3 is 0 Å². The van der Waals surface area contributed by atoms with E-state index in [0.717, 1.165) is 24.4 Å². The van der Waals surface area contributed by atoms with Crippen molar-refractivity contribution in [2.24, 2.45) is 5.92 Å². The van der Waals surface area contributed by atoms with Crippen LogP contribution in [0.3, 0.4) is 0 Å². The van der Waals surface area contributed by atoms with Gasteiger partial charge in [-0.15, -0.1) is 0 Å². The van der Waals surface area contributed by atoms with Crippen LogP contribution in [-0.4, -0.2) is 14.6 Å². The minimum atomic E-state index is -1.72. The van der Waals surface area contributed by atoms with Crippen molar-refractivity contribution in [2.75, 3.05) is 0 Å². The first-order valence-electron chi connectivity index (χ1n) is 7.72. The van der Waals surface area contributed by atoms with Gasteiger partial charge in [0, 0.05) is 5.92 Å². The quantitative estimate of drug-likeness (QED) is 0.503. The van der Waals surface area contributed by atoms with E-state index in [-0.39, 0.29) is 12.0 Å². The van der Waals surface area contributed by atoms with Crippen LogP contribution in [0, 0.1) is 12.8 Å². The van der Waals surface area contributed by atoms with Crippen LogP contribution >= 0.6 is 0 Å². The summed E-state index contributed by atoms with van der Waals surface area (Å²) in [6.07, 6.45) is 0.928. The second-order valence-electron chi connectivity index (χ2n) is 5.63. The lowest BCUT2D eigenvalue weighted by Gasteiger charge is -2.35. The predicted molar refractivity (Wildman–Crippen MR) is 87.4 cm³/mol.